The van der Waals surface area contributed by atoms with E-state index in [-0.39, 0.29) is 23.9 Å². The highest BCUT2D eigenvalue weighted by atomic mass is 32.2. The molecule has 1 fully saturated rings. The fourth-order valence-electron chi connectivity index (χ4n) is 3.42. The number of nitrogens with zero attached hydrogens (tertiary/aromatic N) is 3. The summed E-state index contributed by atoms with van der Waals surface area (Å²) in [5.74, 6) is 0.862. The highest BCUT2D eigenvalue weighted by Gasteiger charge is 2.33. The van der Waals surface area contributed by atoms with Gasteiger partial charge >= 0.3 is 0 Å². The summed E-state index contributed by atoms with van der Waals surface area (Å²) in [5, 5.41) is 4.08. The first-order valence-electron chi connectivity index (χ1n) is 9.22. The lowest BCUT2D eigenvalue weighted by Gasteiger charge is -2.29. The summed E-state index contributed by atoms with van der Waals surface area (Å²) in [6.07, 6.45) is 1.07. The van der Waals surface area contributed by atoms with E-state index in [9.17, 15) is 12.8 Å². The van der Waals surface area contributed by atoms with Crippen LogP contribution in [0.2, 0.25) is 0 Å². The maximum atomic E-state index is 14.0. The molecular weight excluding hydrogens is 397 g/mol. The molecule has 152 valence electrons. The van der Waals surface area contributed by atoms with E-state index in [0.29, 0.717) is 30.3 Å². The van der Waals surface area contributed by atoms with Crippen LogP contribution in [0.4, 0.5) is 4.39 Å². The first-order chi connectivity index (χ1) is 14.0. The molecule has 0 unspecified atom stereocenters. The molecule has 2 aromatic carbocycles. The highest BCUT2D eigenvalue weighted by molar-refractivity contribution is 7.89. The van der Waals surface area contributed by atoms with Gasteiger partial charge in [0.1, 0.15) is 16.5 Å². The quantitative estimate of drug-likeness (QED) is 0.632. The van der Waals surface area contributed by atoms with Crippen LogP contribution in [0.15, 0.2) is 57.9 Å². The molecule has 0 aliphatic carbocycles. The molecule has 1 aliphatic rings. The van der Waals surface area contributed by atoms with Crippen molar-refractivity contribution in [3.05, 3.63) is 60.2 Å². The van der Waals surface area contributed by atoms with Gasteiger partial charge in [0, 0.05) is 24.6 Å². The third-order valence-corrected chi connectivity index (χ3v) is 6.96. The average Bonchev–Trinajstić information content (AvgIpc) is 3.24. The second-order valence-corrected chi connectivity index (χ2v) is 8.70. The SMILES string of the molecule is COc1cccc(-c2nc(C3CCN(S(=O)(=O)c4ccccc4F)CC3)no2)c1. The molecule has 0 saturated carbocycles. The van der Waals surface area contributed by atoms with Crippen molar-refractivity contribution < 1.29 is 22.1 Å². The maximum absolute atomic E-state index is 14.0. The number of aromatic nitrogens is 2. The van der Waals surface area contributed by atoms with Gasteiger partial charge in [-0.05, 0) is 43.2 Å². The van der Waals surface area contributed by atoms with Crippen molar-refractivity contribution in [2.45, 2.75) is 23.7 Å². The van der Waals surface area contributed by atoms with E-state index in [0.717, 1.165) is 11.6 Å². The molecule has 2 heterocycles. The Balaban J connectivity index is 1.46. The summed E-state index contributed by atoms with van der Waals surface area (Å²) in [7, 11) is -2.28. The molecule has 1 aliphatic heterocycles. The van der Waals surface area contributed by atoms with Crippen molar-refractivity contribution in [2.75, 3.05) is 20.2 Å². The second kappa shape index (κ2) is 7.92. The van der Waals surface area contributed by atoms with E-state index in [2.05, 4.69) is 10.1 Å². The minimum Gasteiger partial charge on any atom is -0.497 e. The van der Waals surface area contributed by atoms with Crippen molar-refractivity contribution in [1.29, 1.82) is 0 Å². The largest absolute Gasteiger partial charge is 0.497 e. The minimum atomic E-state index is -3.86. The molecule has 29 heavy (non-hydrogen) atoms. The molecular formula is C20H20FN3O4S. The van der Waals surface area contributed by atoms with Crippen LogP contribution in [0, 0.1) is 5.82 Å². The summed E-state index contributed by atoms with van der Waals surface area (Å²) in [5.41, 5.74) is 0.752. The number of ether oxygens (including phenoxy) is 1. The Morgan fingerprint density at radius 3 is 2.62 bits per heavy atom. The Hall–Kier alpha value is -2.78. The Labute approximate surface area is 168 Å². The average molecular weight is 417 g/mol. The third kappa shape index (κ3) is 3.88. The van der Waals surface area contributed by atoms with Crippen LogP contribution in [0.5, 0.6) is 5.75 Å². The van der Waals surface area contributed by atoms with Gasteiger partial charge in [-0.25, -0.2) is 12.8 Å². The lowest BCUT2D eigenvalue weighted by Crippen LogP contribution is -2.38. The highest BCUT2D eigenvalue weighted by Crippen LogP contribution is 2.31. The van der Waals surface area contributed by atoms with Crippen LogP contribution in [0.3, 0.4) is 0 Å². The summed E-state index contributed by atoms with van der Waals surface area (Å²) in [6, 6.07) is 12.7. The van der Waals surface area contributed by atoms with E-state index in [4.69, 9.17) is 9.26 Å². The van der Waals surface area contributed by atoms with Gasteiger partial charge < -0.3 is 9.26 Å². The Bertz CT molecular complexity index is 1110. The summed E-state index contributed by atoms with van der Waals surface area (Å²) in [4.78, 5) is 4.18. The number of hydrogen-bond acceptors (Lipinski definition) is 6. The number of rotatable bonds is 5. The Morgan fingerprint density at radius 1 is 1.14 bits per heavy atom. The predicted molar refractivity (Wildman–Crippen MR) is 103 cm³/mol. The van der Waals surface area contributed by atoms with Gasteiger partial charge in [-0.15, -0.1) is 0 Å². The van der Waals surface area contributed by atoms with Gasteiger partial charge in [0.25, 0.3) is 5.89 Å². The molecule has 4 rings (SSSR count). The van der Waals surface area contributed by atoms with Crippen molar-refractivity contribution in [3.8, 4) is 17.2 Å². The number of benzene rings is 2. The van der Waals surface area contributed by atoms with Crippen molar-refractivity contribution in [2.24, 2.45) is 0 Å². The molecule has 0 amide bonds. The smallest absolute Gasteiger partial charge is 0.258 e. The molecule has 0 bridgehead atoms. The maximum Gasteiger partial charge on any atom is 0.258 e. The van der Waals surface area contributed by atoms with Gasteiger partial charge in [-0.2, -0.15) is 9.29 Å². The number of sulfonamides is 1. The van der Waals surface area contributed by atoms with Crippen LogP contribution < -0.4 is 4.74 Å². The fourth-order valence-corrected chi connectivity index (χ4v) is 4.96. The Kier molecular flexibility index (Phi) is 5.33. The van der Waals surface area contributed by atoms with E-state index in [1.54, 1.807) is 13.2 Å². The second-order valence-electron chi connectivity index (χ2n) is 6.80. The molecule has 1 aromatic heterocycles. The van der Waals surface area contributed by atoms with Gasteiger partial charge in [0.15, 0.2) is 5.82 Å². The first-order valence-corrected chi connectivity index (χ1v) is 10.7. The zero-order valence-electron chi connectivity index (χ0n) is 15.8. The van der Waals surface area contributed by atoms with E-state index in [1.165, 1.54) is 22.5 Å². The molecule has 0 N–H and O–H groups in total. The number of hydrogen-bond donors (Lipinski definition) is 0. The zero-order valence-corrected chi connectivity index (χ0v) is 16.6. The normalized spacial score (nSPS) is 16.1. The monoisotopic (exact) mass is 417 g/mol. The topological polar surface area (TPSA) is 85.5 Å². The molecule has 7 nitrogen and oxygen atoms in total. The van der Waals surface area contributed by atoms with Crippen LogP contribution >= 0.6 is 0 Å². The minimum absolute atomic E-state index is 0.0230. The van der Waals surface area contributed by atoms with Crippen LogP contribution in [0.25, 0.3) is 11.5 Å². The van der Waals surface area contributed by atoms with Crippen LogP contribution in [0.1, 0.15) is 24.6 Å². The standard InChI is InChI=1S/C20H20FN3O4S/c1-27-16-6-4-5-15(13-16)20-22-19(23-28-20)14-9-11-24(12-10-14)29(25,26)18-8-3-2-7-17(18)21/h2-8,13-14H,9-12H2,1H3. The van der Waals surface area contributed by atoms with Gasteiger partial charge in [-0.3, -0.25) is 0 Å². The Morgan fingerprint density at radius 2 is 1.90 bits per heavy atom. The first kappa shape index (κ1) is 19.5. The van der Waals surface area contributed by atoms with E-state index in [1.807, 2.05) is 18.2 Å². The number of halogens is 1. The van der Waals surface area contributed by atoms with Gasteiger partial charge in [-0.1, -0.05) is 23.4 Å². The third-order valence-electron chi connectivity index (χ3n) is 5.03. The number of piperidine rings is 1. The van der Waals surface area contributed by atoms with Crippen LogP contribution in [-0.4, -0.2) is 43.1 Å². The van der Waals surface area contributed by atoms with Gasteiger partial charge in [0.05, 0.1) is 7.11 Å². The molecule has 0 radical (unpaired) electrons. The number of methoxy groups -OCH3 is 1. The molecule has 9 heteroatoms. The molecule has 0 atom stereocenters. The van der Waals surface area contributed by atoms with E-state index < -0.39 is 15.8 Å². The zero-order chi connectivity index (χ0) is 20.4. The summed E-state index contributed by atoms with van der Waals surface area (Å²) < 4.78 is 51.3. The fraction of sp³-hybridized carbons (Fsp3) is 0.300. The predicted octanol–water partition coefficient (Wildman–Crippen LogP) is 3.45. The molecule has 0 spiro atoms. The van der Waals surface area contributed by atoms with Gasteiger partial charge in [0.2, 0.25) is 10.0 Å². The van der Waals surface area contributed by atoms with Crippen molar-refractivity contribution in [3.63, 3.8) is 0 Å². The van der Waals surface area contributed by atoms with Crippen molar-refractivity contribution in [1.82, 2.24) is 14.4 Å². The summed E-state index contributed by atoms with van der Waals surface area (Å²) in [6.45, 7) is 0.536. The lowest BCUT2D eigenvalue weighted by molar-refractivity contribution is 0.306. The van der Waals surface area contributed by atoms with Crippen molar-refractivity contribution >= 4 is 10.0 Å². The lowest BCUT2D eigenvalue weighted by atomic mass is 9.97. The van der Waals surface area contributed by atoms with Crippen LogP contribution in [-0.2, 0) is 10.0 Å². The van der Waals surface area contributed by atoms with E-state index >= 15 is 0 Å². The molecule has 3 aromatic rings. The summed E-state index contributed by atoms with van der Waals surface area (Å²) >= 11 is 0. The molecule has 1 saturated heterocycles.